The lowest BCUT2D eigenvalue weighted by molar-refractivity contribution is -0.133. The van der Waals surface area contributed by atoms with Crippen molar-refractivity contribution in [3.8, 4) is 5.69 Å². The van der Waals surface area contributed by atoms with Crippen molar-refractivity contribution in [1.29, 1.82) is 0 Å². The highest BCUT2D eigenvalue weighted by atomic mass is 35.5. The maximum absolute atomic E-state index is 11.7. The topological polar surface area (TPSA) is 113 Å². The van der Waals surface area contributed by atoms with Gasteiger partial charge in [-0.05, 0) is 64.1 Å². The lowest BCUT2D eigenvalue weighted by atomic mass is 10.2. The first-order valence-electron chi connectivity index (χ1n) is 11.3. The van der Waals surface area contributed by atoms with Gasteiger partial charge in [0.1, 0.15) is 0 Å². The normalized spacial score (nSPS) is 13.2. The first-order valence-corrected chi connectivity index (χ1v) is 12.8. The van der Waals surface area contributed by atoms with Crippen molar-refractivity contribution < 1.29 is 19.4 Å². The van der Waals surface area contributed by atoms with E-state index < -0.39 is 11.9 Å². The summed E-state index contributed by atoms with van der Waals surface area (Å²) in [5.74, 6) is -1.51. The van der Waals surface area contributed by atoms with Gasteiger partial charge in [0, 0.05) is 26.6 Å². The smallest absolute Gasteiger partial charge is 0.360 e. The molecule has 10 nitrogen and oxygen atoms in total. The molecule has 0 unspecified atom stereocenters. The first kappa shape index (κ1) is 29.5. The third kappa shape index (κ3) is 6.69. The van der Waals surface area contributed by atoms with Crippen LogP contribution in [0.3, 0.4) is 0 Å². The molecule has 14 heteroatoms. The van der Waals surface area contributed by atoms with E-state index in [9.17, 15) is 9.59 Å². The predicted molar refractivity (Wildman–Crippen MR) is 147 cm³/mol. The summed E-state index contributed by atoms with van der Waals surface area (Å²) < 4.78 is 6.39. The summed E-state index contributed by atoms with van der Waals surface area (Å²) in [6, 6.07) is 10.1. The van der Waals surface area contributed by atoms with Crippen molar-refractivity contribution in [3.05, 3.63) is 79.3 Å². The van der Waals surface area contributed by atoms with E-state index in [-0.39, 0.29) is 18.0 Å². The molecule has 2 N–H and O–H groups in total. The van der Waals surface area contributed by atoms with E-state index in [4.69, 9.17) is 56.2 Å². The number of nitrogens with zero attached hydrogens (tertiary/aromatic N) is 5. The Kier molecular flexibility index (Phi) is 9.86. The van der Waals surface area contributed by atoms with E-state index in [1.807, 2.05) is 6.92 Å². The highest BCUT2D eigenvalue weighted by Crippen LogP contribution is 2.31. The van der Waals surface area contributed by atoms with Gasteiger partial charge in [-0.25, -0.2) is 14.3 Å². The molecule has 202 valence electrons. The van der Waals surface area contributed by atoms with Gasteiger partial charge in [-0.2, -0.15) is 0 Å². The average molecular weight is 602 g/mol. The number of carboxylic acids is 1. The molecule has 0 saturated heterocycles. The number of carbonyl (C=O) groups is 2. The van der Waals surface area contributed by atoms with E-state index in [0.29, 0.717) is 49.4 Å². The fraction of sp³-hybridized carbons (Fsp3) is 0.250. The quantitative estimate of drug-likeness (QED) is 0.332. The van der Waals surface area contributed by atoms with Gasteiger partial charge in [0.05, 0.1) is 29.4 Å². The van der Waals surface area contributed by atoms with Crippen molar-refractivity contribution in [2.24, 2.45) is 0 Å². The second-order valence-corrected chi connectivity index (χ2v) is 9.56. The predicted octanol–water partition coefficient (Wildman–Crippen LogP) is 5.93. The lowest BCUT2D eigenvalue weighted by Gasteiger charge is -2.29. The number of hydrogen-bond donors (Lipinski definition) is 2. The molecule has 3 aromatic rings. The second kappa shape index (κ2) is 12.7. The molecule has 2 aromatic carbocycles. The molecular weight excluding hydrogens is 578 g/mol. The second-order valence-electron chi connectivity index (χ2n) is 7.82. The lowest BCUT2D eigenvalue weighted by Crippen LogP contribution is -2.43. The fourth-order valence-corrected chi connectivity index (χ4v) is 4.62. The van der Waals surface area contributed by atoms with Gasteiger partial charge >= 0.3 is 11.9 Å². The highest BCUT2D eigenvalue weighted by molar-refractivity contribution is 6.35. The Bertz CT molecular complexity index is 1350. The van der Waals surface area contributed by atoms with Crippen LogP contribution in [0.15, 0.2) is 47.8 Å². The van der Waals surface area contributed by atoms with Crippen LogP contribution in [-0.2, 0) is 9.53 Å². The molecule has 0 radical (unpaired) electrons. The molecule has 0 atom stereocenters. The molecule has 0 saturated carbocycles. The number of anilines is 1. The molecule has 0 aliphatic carbocycles. The zero-order chi connectivity index (χ0) is 28.1. The summed E-state index contributed by atoms with van der Waals surface area (Å²) in [5, 5.41) is 22.3. The Morgan fingerprint density at radius 2 is 1.45 bits per heavy atom. The molecule has 0 amide bonds. The molecule has 0 spiro atoms. The van der Waals surface area contributed by atoms with E-state index in [0.717, 1.165) is 0 Å². The van der Waals surface area contributed by atoms with Crippen LogP contribution in [0.2, 0.25) is 20.1 Å². The summed E-state index contributed by atoms with van der Waals surface area (Å²) >= 11 is 23.8. The minimum Gasteiger partial charge on any atom is -0.476 e. The number of hydrogen-bond acceptors (Lipinski definition) is 8. The van der Waals surface area contributed by atoms with Crippen molar-refractivity contribution in [1.82, 2.24) is 25.5 Å². The first-order chi connectivity index (χ1) is 18.0. The van der Waals surface area contributed by atoms with Crippen LogP contribution < -0.4 is 10.4 Å². The van der Waals surface area contributed by atoms with Crippen molar-refractivity contribution in [3.63, 3.8) is 0 Å². The Morgan fingerprint density at radius 1 is 0.921 bits per heavy atom. The summed E-state index contributed by atoms with van der Waals surface area (Å²) in [4.78, 5) is 22.8. The van der Waals surface area contributed by atoms with Crippen LogP contribution >= 0.6 is 46.4 Å². The Labute approximate surface area is 239 Å². The zero-order valence-electron chi connectivity index (χ0n) is 20.8. The minimum atomic E-state index is -1.01. The van der Waals surface area contributed by atoms with Gasteiger partial charge in [-0.15, -0.1) is 10.2 Å². The van der Waals surface area contributed by atoms with Crippen LogP contribution in [0.4, 0.5) is 5.69 Å². The number of allylic oxidation sites excluding steroid dienone is 1. The summed E-state index contributed by atoms with van der Waals surface area (Å²) in [7, 11) is 0. The van der Waals surface area contributed by atoms with Crippen LogP contribution in [0.1, 0.15) is 37.0 Å². The zero-order valence-corrected chi connectivity index (χ0v) is 23.8. The summed E-state index contributed by atoms with van der Waals surface area (Å²) in [5.41, 5.74) is 5.64. The summed E-state index contributed by atoms with van der Waals surface area (Å²) in [6.45, 7) is 7.95. The molecule has 1 aromatic heterocycles. The van der Waals surface area contributed by atoms with E-state index >= 15 is 0 Å². The van der Waals surface area contributed by atoms with E-state index in [1.165, 1.54) is 4.68 Å². The van der Waals surface area contributed by atoms with Crippen LogP contribution in [0.25, 0.3) is 5.69 Å². The molecule has 0 bridgehead atoms. The number of aliphatic carboxylic acids is 1. The standard InChI is InChI=1S/C12H11Cl2N3O2.C12H13Cl2N3O2/c1-3-19-12(18)11-7(2)17(16-15-11)10-5-8(13)4-9(14)6-10;1-3-16-15-11(12(18)19)7(2)17(16)10-5-8(13)4-9(14)6-10/h4-6H,3H2,1-2H3;4-6,15H,3H2,1-2H3,(H,18,19). The largest absolute Gasteiger partial charge is 0.476 e. The van der Waals surface area contributed by atoms with Crippen LogP contribution in [0.5, 0.6) is 0 Å². The average Bonchev–Trinajstić information content (AvgIpc) is 3.38. The van der Waals surface area contributed by atoms with Gasteiger partial charge in [0.15, 0.2) is 11.4 Å². The third-order valence-corrected chi connectivity index (χ3v) is 6.10. The Morgan fingerprint density at radius 3 is 1.92 bits per heavy atom. The number of carboxylic acid groups (broad SMARTS) is 1. The van der Waals surface area contributed by atoms with Gasteiger partial charge in [-0.3, -0.25) is 10.4 Å². The number of ether oxygens (including phenoxy) is 1. The molecular formula is C24H24Cl4N6O4. The number of rotatable bonds is 6. The van der Waals surface area contributed by atoms with E-state index in [2.05, 4.69) is 15.7 Å². The number of nitrogens with one attached hydrogen (secondary N) is 1. The van der Waals surface area contributed by atoms with Gasteiger partial charge in [0.25, 0.3) is 0 Å². The molecule has 2 heterocycles. The number of halogens is 4. The van der Waals surface area contributed by atoms with Crippen molar-refractivity contribution in [2.75, 3.05) is 18.2 Å². The number of benzene rings is 2. The minimum absolute atomic E-state index is 0.137. The fourth-order valence-electron chi connectivity index (χ4n) is 3.59. The molecule has 0 fully saturated rings. The molecule has 38 heavy (non-hydrogen) atoms. The van der Waals surface area contributed by atoms with Crippen molar-refractivity contribution >= 4 is 64.0 Å². The van der Waals surface area contributed by atoms with Gasteiger partial charge in [-0.1, -0.05) is 51.6 Å². The van der Waals surface area contributed by atoms with E-state index in [1.54, 1.807) is 67.3 Å². The number of aromatic nitrogens is 3. The number of esters is 1. The van der Waals surface area contributed by atoms with Crippen LogP contribution in [0, 0.1) is 6.92 Å². The van der Waals surface area contributed by atoms with Gasteiger partial charge in [0.2, 0.25) is 0 Å². The molecule has 1 aliphatic rings. The molecule has 1 aliphatic heterocycles. The Hall–Kier alpha value is -3.02. The Balaban J connectivity index is 0.000000211. The van der Waals surface area contributed by atoms with Crippen molar-refractivity contribution in [2.45, 2.75) is 27.7 Å². The third-order valence-electron chi connectivity index (χ3n) is 5.22. The maximum Gasteiger partial charge on any atom is 0.360 e. The van der Waals surface area contributed by atoms with Crippen LogP contribution in [-0.4, -0.2) is 50.3 Å². The number of carbonyl (C=O) groups excluding carboxylic acids is 1. The SMILES string of the molecule is CCN1NC(C(=O)O)=C(C)N1c1cc(Cl)cc(Cl)c1.CCOC(=O)c1nnn(-c2cc(Cl)cc(Cl)c2)c1C. The molecule has 4 rings (SSSR count). The maximum atomic E-state index is 11.7. The van der Waals surface area contributed by atoms with Gasteiger partial charge < -0.3 is 9.84 Å². The highest BCUT2D eigenvalue weighted by Gasteiger charge is 2.31. The summed E-state index contributed by atoms with van der Waals surface area (Å²) in [6.07, 6.45) is 0. The monoisotopic (exact) mass is 600 g/mol. The number of hydrazine groups is 2.